The summed E-state index contributed by atoms with van der Waals surface area (Å²) in [5.74, 6) is 0.611. The molecule has 0 radical (unpaired) electrons. The minimum absolute atomic E-state index is 0.0169. The molecule has 0 atom stereocenters. The fourth-order valence-corrected chi connectivity index (χ4v) is 1.85. The zero-order chi connectivity index (χ0) is 13.8. The molecular formula is C14H15N3O2. The Morgan fingerprint density at radius 2 is 1.89 bits per heavy atom. The summed E-state index contributed by atoms with van der Waals surface area (Å²) in [4.78, 5) is 14.9. The normalized spacial score (nSPS) is 10.2. The molecule has 0 saturated carbocycles. The fourth-order valence-electron chi connectivity index (χ4n) is 1.85. The third-order valence-electron chi connectivity index (χ3n) is 2.96. The molecule has 5 nitrogen and oxygen atoms in total. The monoisotopic (exact) mass is 257 g/mol. The number of hydrogen-bond donors (Lipinski definition) is 1. The zero-order valence-electron chi connectivity index (χ0n) is 10.9. The number of nitrogens with one attached hydrogen (secondary N) is 1. The van der Waals surface area contributed by atoms with Crippen LogP contribution in [0.2, 0.25) is 0 Å². The van der Waals surface area contributed by atoms with Gasteiger partial charge in [-0.2, -0.15) is 0 Å². The number of aryl methyl sites for hydroxylation is 1. The van der Waals surface area contributed by atoms with Gasteiger partial charge in [-0.1, -0.05) is 31.2 Å². The molecule has 1 aromatic heterocycles. The molecule has 0 aliphatic rings. The number of anilines is 1. The van der Waals surface area contributed by atoms with E-state index in [0.29, 0.717) is 11.5 Å². The van der Waals surface area contributed by atoms with Crippen molar-refractivity contribution < 1.29 is 4.92 Å². The summed E-state index contributed by atoms with van der Waals surface area (Å²) in [7, 11) is 1.73. The Morgan fingerprint density at radius 3 is 2.42 bits per heavy atom. The van der Waals surface area contributed by atoms with Crippen molar-refractivity contribution in [2.75, 3.05) is 12.4 Å². The van der Waals surface area contributed by atoms with E-state index in [1.54, 1.807) is 13.1 Å². The average molecular weight is 257 g/mol. The van der Waals surface area contributed by atoms with Crippen LogP contribution >= 0.6 is 0 Å². The molecule has 1 aromatic carbocycles. The summed E-state index contributed by atoms with van der Waals surface area (Å²) < 4.78 is 0. The predicted octanol–water partition coefficient (Wildman–Crippen LogP) is 3.26. The van der Waals surface area contributed by atoms with Gasteiger partial charge in [0, 0.05) is 18.7 Å². The molecular weight excluding hydrogens is 242 g/mol. The summed E-state index contributed by atoms with van der Waals surface area (Å²) in [5, 5.41) is 14.0. The highest BCUT2D eigenvalue weighted by Gasteiger charge is 2.17. The molecule has 2 aromatic rings. The highest BCUT2D eigenvalue weighted by Crippen LogP contribution is 2.29. The number of rotatable bonds is 4. The van der Waals surface area contributed by atoms with Crippen molar-refractivity contribution in [1.29, 1.82) is 0 Å². The van der Waals surface area contributed by atoms with Crippen LogP contribution in [0, 0.1) is 10.1 Å². The van der Waals surface area contributed by atoms with Crippen molar-refractivity contribution in [1.82, 2.24) is 4.98 Å². The van der Waals surface area contributed by atoms with E-state index < -0.39 is 4.92 Å². The first kappa shape index (κ1) is 13.0. The summed E-state index contributed by atoms with van der Waals surface area (Å²) in [6.07, 6.45) is 0.937. The first-order valence-electron chi connectivity index (χ1n) is 6.08. The van der Waals surface area contributed by atoms with E-state index in [1.807, 2.05) is 24.3 Å². The number of nitro groups is 1. The Hall–Kier alpha value is -2.43. The van der Waals surface area contributed by atoms with Crippen molar-refractivity contribution in [2.45, 2.75) is 13.3 Å². The van der Waals surface area contributed by atoms with Crippen molar-refractivity contribution in [3.8, 4) is 11.3 Å². The van der Waals surface area contributed by atoms with E-state index in [1.165, 1.54) is 11.6 Å². The zero-order valence-corrected chi connectivity index (χ0v) is 10.9. The first-order valence-corrected chi connectivity index (χ1v) is 6.08. The summed E-state index contributed by atoms with van der Waals surface area (Å²) in [6, 6.07) is 10.7. The molecule has 19 heavy (non-hydrogen) atoms. The molecule has 1 heterocycles. The smallest absolute Gasteiger partial charge is 0.295 e. The average Bonchev–Trinajstić information content (AvgIpc) is 2.46. The van der Waals surface area contributed by atoms with Crippen LogP contribution in [0.5, 0.6) is 0 Å². The van der Waals surface area contributed by atoms with Crippen molar-refractivity contribution in [3.05, 3.63) is 52.1 Å². The van der Waals surface area contributed by atoms with Gasteiger partial charge in [-0.25, -0.2) is 4.98 Å². The quantitative estimate of drug-likeness (QED) is 0.674. The number of benzene rings is 1. The van der Waals surface area contributed by atoms with Gasteiger partial charge in [0.25, 0.3) is 5.69 Å². The van der Waals surface area contributed by atoms with Crippen molar-refractivity contribution in [3.63, 3.8) is 0 Å². The van der Waals surface area contributed by atoms with Gasteiger partial charge in [-0.3, -0.25) is 10.1 Å². The van der Waals surface area contributed by atoms with Crippen LogP contribution in [0.1, 0.15) is 12.5 Å². The van der Waals surface area contributed by atoms with E-state index in [0.717, 1.165) is 12.0 Å². The molecule has 0 fully saturated rings. The molecule has 5 heteroatoms. The maximum atomic E-state index is 11.1. The molecule has 0 spiro atoms. The van der Waals surface area contributed by atoms with Crippen molar-refractivity contribution in [2.24, 2.45) is 0 Å². The summed E-state index contributed by atoms with van der Waals surface area (Å²) in [6.45, 7) is 2.07. The molecule has 0 saturated heterocycles. The lowest BCUT2D eigenvalue weighted by Gasteiger charge is -2.06. The van der Waals surface area contributed by atoms with Crippen LogP contribution in [-0.4, -0.2) is 17.0 Å². The van der Waals surface area contributed by atoms with Gasteiger partial charge in [0.05, 0.1) is 4.92 Å². The molecule has 98 valence electrons. The second-order valence-electron chi connectivity index (χ2n) is 4.12. The molecule has 2 rings (SSSR count). The maximum Gasteiger partial charge on any atom is 0.295 e. The van der Waals surface area contributed by atoms with Crippen molar-refractivity contribution >= 4 is 11.5 Å². The highest BCUT2D eigenvalue weighted by molar-refractivity contribution is 5.71. The number of nitrogens with zero attached hydrogens (tertiary/aromatic N) is 2. The van der Waals surface area contributed by atoms with Crippen LogP contribution in [0.3, 0.4) is 0 Å². The highest BCUT2D eigenvalue weighted by atomic mass is 16.6. The SMILES string of the molecule is CCc1ccc(-c2nc(NC)ccc2[N+](=O)[O-])cc1. The minimum atomic E-state index is -0.407. The second-order valence-corrected chi connectivity index (χ2v) is 4.12. The number of aromatic nitrogens is 1. The van der Waals surface area contributed by atoms with Crippen LogP contribution in [-0.2, 0) is 6.42 Å². The Balaban J connectivity index is 2.54. The second kappa shape index (κ2) is 5.48. The molecule has 0 bridgehead atoms. The summed E-state index contributed by atoms with van der Waals surface area (Å²) in [5.41, 5.74) is 2.35. The molecule has 0 amide bonds. The van der Waals surface area contributed by atoms with Crippen LogP contribution in [0.4, 0.5) is 11.5 Å². The predicted molar refractivity (Wildman–Crippen MR) is 75.3 cm³/mol. The van der Waals surface area contributed by atoms with Crippen LogP contribution in [0.15, 0.2) is 36.4 Å². The Labute approximate surface area is 111 Å². The third kappa shape index (κ3) is 2.70. The van der Waals surface area contributed by atoms with E-state index in [9.17, 15) is 10.1 Å². The lowest BCUT2D eigenvalue weighted by molar-refractivity contribution is -0.384. The number of hydrogen-bond acceptors (Lipinski definition) is 4. The maximum absolute atomic E-state index is 11.1. The van der Waals surface area contributed by atoms with Gasteiger partial charge in [-0.15, -0.1) is 0 Å². The minimum Gasteiger partial charge on any atom is -0.373 e. The van der Waals surface area contributed by atoms with E-state index in [2.05, 4.69) is 17.2 Å². The van der Waals surface area contributed by atoms with Gasteiger partial charge in [0.1, 0.15) is 5.82 Å². The Morgan fingerprint density at radius 1 is 1.21 bits per heavy atom. The summed E-state index contributed by atoms with van der Waals surface area (Å²) >= 11 is 0. The van der Waals surface area contributed by atoms with Crippen LogP contribution in [0.25, 0.3) is 11.3 Å². The van der Waals surface area contributed by atoms with Gasteiger partial charge in [-0.05, 0) is 18.1 Å². The lowest BCUT2D eigenvalue weighted by atomic mass is 10.1. The van der Waals surface area contributed by atoms with E-state index >= 15 is 0 Å². The lowest BCUT2D eigenvalue weighted by Crippen LogP contribution is -1.99. The fraction of sp³-hybridized carbons (Fsp3) is 0.214. The van der Waals surface area contributed by atoms with Gasteiger partial charge < -0.3 is 5.32 Å². The number of pyridine rings is 1. The van der Waals surface area contributed by atoms with E-state index in [-0.39, 0.29) is 5.69 Å². The van der Waals surface area contributed by atoms with Gasteiger partial charge >= 0.3 is 0 Å². The first-order chi connectivity index (χ1) is 9.15. The van der Waals surface area contributed by atoms with Gasteiger partial charge in [0.2, 0.25) is 0 Å². The molecule has 1 N–H and O–H groups in total. The largest absolute Gasteiger partial charge is 0.373 e. The Bertz CT molecular complexity index is 594. The molecule has 0 unspecified atom stereocenters. The Kier molecular flexibility index (Phi) is 3.75. The van der Waals surface area contributed by atoms with E-state index in [4.69, 9.17) is 0 Å². The van der Waals surface area contributed by atoms with Gasteiger partial charge in [0.15, 0.2) is 5.69 Å². The standard InChI is InChI=1S/C14H15N3O2/c1-3-10-4-6-11(7-5-10)14-12(17(18)19)8-9-13(15-2)16-14/h4-9H,3H2,1-2H3,(H,15,16). The molecule has 0 aliphatic carbocycles. The third-order valence-corrected chi connectivity index (χ3v) is 2.96. The topological polar surface area (TPSA) is 68.1 Å². The molecule has 0 aliphatic heterocycles. The van der Waals surface area contributed by atoms with Crippen LogP contribution < -0.4 is 5.32 Å².